The molecular weight excluding hydrogens is 360 g/mol. The van der Waals surface area contributed by atoms with E-state index in [1.807, 2.05) is 13.8 Å². The number of carbonyl (C=O) groups excluding carboxylic acids is 3. The number of ether oxygens (including phenoxy) is 2. The number of nitrogens with zero attached hydrogens (tertiary/aromatic N) is 2. The van der Waals surface area contributed by atoms with Crippen molar-refractivity contribution in [2.24, 2.45) is 13.0 Å². The molecule has 0 radical (unpaired) electrons. The van der Waals surface area contributed by atoms with Crippen LogP contribution in [0.2, 0.25) is 0 Å². The molecule has 7 nitrogen and oxygen atoms in total. The SMILES string of the molecule is CCOCCCN(C(=O)C1CC1)C(C)C(=O)c1c(C)c(C(=O)OC)n(C)c1C. The Kier molecular flexibility index (Phi) is 7.41. The highest BCUT2D eigenvalue weighted by molar-refractivity contribution is 6.06. The van der Waals surface area contributed by atoms with Gasteiger partial charge >= 0.3 is 5.97 Å². The van der Waals surface area contributed by atoms with E-state index in [-0.39, 0.29) is 17.6 Å². The van der Waals surface area contributed by atoms with E-state index in [1.165, 1.54) is 7.11 Å². The van der Waals surface area contributed by atoms with Crippen molar-refractivity contribution in [3.63, 3.8) is 0 Å². The third-order valence-electron chi connectivity index (χ3n) is 5.50. The van der Waals surface area contributed by atoms with Crippen LogP contribution in [0.15, 0.2) is 0 Å². The quantitative estimate of drug-likeness (QED) is 0.348. The highest BCUT2D eigenvalue weighted by atomic mass is 16.5. The molecule has 0 bridgehead atoms. The number of amides is 1. The second kappa shape index (κ2) is 9.37. The monoisotopic (exact) mass is 392 g/mol. The molecule has 1 saturated carbocycles. The zero-order chi connectivity index (χ0) is 21.0. The lowest BCUT2D eigenvalue weighted by atomic mass is 9.99. The van der Waals surface area contributed by atoms with E-state index in [1.54, 1.807) is 30.4 Å². The van der Waals surface area contributed by atoms with Crippen LogP contribution >= 0.6 is 0 Å². The molecule has 0 aromatic carbocycles. The van der Waals surface area contributed by atoms with Crippen LogP contribution in [0, 0.1) is 19.8 Å². The second-order valence-corrected chi connectivity index (χ2v) is 7.38. The summed E-state index contributed by atoms with van der Waals surface area (Å²) in [6.45, 7) is 8.93. The fourth-order valence-electron chi connectivity index (χ4n) is 3.62. The molecule has 1 unspecified atom stereocenters. The van der Waals surface area contributed by atoms with Gasteiger partial charge in [0, 0.05) is 44.0 Å². The van der Waals surface area contributed by atoms with Gasteiger partial charge in [-0.25, -0.2) is 4.79 Å². The lowest BCUT2D eigenvalue weighted by Gasteiger charge is -2.29. The van der Waals surface area contributed by atoms with Gasteiger partial charge in [-0.3, -0.25) is 9.59 Å². The maximum absolute atomic E-state index is 13.3. The Hall–Kier alpha value is -2.15. The number of aromatic nitrogens is 1. The van der Waals surface area contributed by atoms with Crippen LogP contribution in [0.25, 0.3) is 0 Å². The Morgan fingerprint density at radius 3 is 2.43 bits per heavy atom. The summed E-state index contributed by atoms with van der Waals surface area (Å²) in [5, 5.41) is 0. The number of Topliss-reactive ketones (excluding diaryl/α,β-unsaturated/α-hetero) is 1. The van der Waals surface area contributed by atoms with Gasteiger partial charge in [0.15, 0.2) is 5.78 Å². The molecule has 0 spiro atoms. The van der Waals surface area contributed by atoms with Crippen molar-refractivity contribution in [1.82, 2.24) is 9.47 Å². The summed E-state index contributed by atoms with van der Waals surface area (Å²) in [7, 11) is 3.06. The van der Waals surface area contributed by atoms with Crippen LogP contribution in [0.1, 0.15) is 65.2 Å². The molecule has 0 saturated heterocycles. The van der Waals surface area contributed by atoms with E-state index in [0.717, 1.165) is 12.8 Å². The average molecular weight is 392 g/mol. The Labute approximate surface area is 167 Å². The number of hydrogen-bond donors (Lipinski definition) is 0. The summed E-state index contributed by atoms with van der Waals surface area (Å²) in [6, 6.07) is -0.597. The van der Waals surface area contributed by atoms with E-state index in [9.17, 15) is 14.4 Å². The van der Waals surface area contributed by atoms with E-state index >= 15 is 0 Å². The summed E-state index contributed by atoms with van der Waals surface area (Å²) in [5.74, 6) is -0.550. The van der Waals surface area contributed by atoms with Gasteiger partial charge in [0.05, 0.1) is 13.2 Å². The number of carbonyl (C=O) groups is 3. The standard InChI is InChI=1S/C21H32N2O5/c1-7-28-12-8-11-23(20(25)16-9-10-16)15(4)19(24)17-13(2)18(21(26)27-6)22(5)14(17)3/h15-16H,7-12H2,1-6H3. The predicted octanol–water partition coefficient (Wildman–Crippen LogP) is 2.66. The zero-order valence-electron chi connectivity index (χ0n) is 17.8. The molecule has 1 heterocycles. The fourth-order valence-corrected chi connectivity index (χ4v) is 3.62. The van der Waals surface area contributed by atoms with Crippen LogP contribution in [0.4, 0.5) is 0 Å². The van der Waals surface area contributed by atoms with E-state index in [4.69, 9.17) is 9.47 Å². The largest absolute Gasteiger partial charge is 0.464 e. The Morgan fingerprint density at radius 2 is 1.89 bits per heavy atom. The summed E-state index contributed by atoms with van der Waals surface area (Å²) in [6.07, 6.45) is 2.46. The van der Waals surface area contributed by atoms with Gasteiger partial charge in [-0.15, -0.1) is 0 Å². The zero-order valence-corrected chi connectivity index (χ0v) is 17.8. The number of rotatable bonds is 10. The molecule has 1 aromatic heterocycles. The first-order chi connectivity index (χ1) is 13.3. The molecule has 1 aliphatic carbocycles. The maximum Gasteiger partial charge on any atom is 0.354 e. The van der Waals surface area contributed by atoms with Crippen LogP contribution in [-0.4, -0.2) is 60.0 Å². The molecule has 0 aliphatic heterocycles. The van der Waals surface area contributed by atoms with Crippen molar-refractivity contribution in [2.45, 2.75) is 53.0 Å². The number of esters is 1. The molecular formula is C21H32N2O5. The molecule has 2 rings (SSSR count). The maximum atomic E-state index is 13.3. The molecule has 0 N–H and O–H groups in total. The molecule has 1 atom stereocenters. The fraction of sp³-hybridized carbons (Fsp3) is 0.667. The normalized spacial score (nSPS) is 14.6. The molecule has 156 valence electrons. The lowest BCUT2D eigenvalue weighted by Crippen LogP contribution is -2.45. The van der Waals surface area contributed by atoms with Gasteiger partial charge in [0.25, 0.3) is 0 Å². The van der Waals surface area contributed by atoms with Crippen molar-refractivity contribution in [3.8, 4) is 0 Å². The summed E-state index contributed by atoms with van der Waals surface area (Å²) in [5.41, 5.74) is 2.15. The highest BCUT2D eigenvalue weighted by Gasteiger charge is 2.38. The highest BCUT2D eigenvalue weighted by Crippen LogP contribution is 2.32. The molecule has 28 heavy (non-hydrogen) atoms. The van der Waals surface area contributed by atoms with Gasteiger partial charge in [-0.1, -0.05) is 0 Å². The van der Waals surface area contributed by atoms with Gasteiger partial charge in [-0.2, -0.15) is 0 Å². The topological polar surface area (TPSA) is 77.8 Å². The third-order valence-corrected chi connectivity index (χ3v) is 5.50. The number of hydrogen-bond acceptors (Lipinski definition) is 5. The minimum Gasteiger partial charge on any atom is -0.464 e. The van der Waals surface area contributed by atoms with E-state index in [2.05, 4.69) is 0 Å². The van der Waals surface area contributed by atoms with Crippen LogP contribution in [-0.2, 0) is 21.3 Å². The van der Waals surface area contributed by atoms with Gasteiger partial charge in [-0.05, 0) is 52.5 Å². The average Bonchev–Trinajstić information content (AvgIpc) is 3.49. The molecule has 1 fully saturated rings. The molecule has 1 amide bonds. The third kappa shape index (κ3) is 4.46. The first-order valence-corrected chi connectivity index (χ1v) is 9.92. The molecule has 1 aliphatic rings. The minimum absolute atomic E-state index is 0.0333. The van der Waals surface area contributed by atoms with E-state index < -0.39 is 12.0 Å². The van der Waals surface area contributed by atoms with Crippen LogP contribution in [0.5, 0.6) is 0 Å². The second-order valence-electron chi connectivity index (χ2n) is 7.38. The van der Waals surface area contributed by atoms with Gasteiger partial charge in [0.2, 0.25) is 5.91 Å². The lowest BCUT2D eigenvalue weighted by molar-refractivity contribution is -0.134. The predicted molar refractivity (Wildman–Crippen MR) is 106 cm³/mol. The number of methoxy groups -OCH3 is 1. The first kappa shape index (κ1) is 22.1. The summed E-state index contributed by atoms with van der Waals surface area (Å²) in [4.78, 5) is 40.0. The van der Waals surface area contributed by atoms with Crippen LogP contribution in [0.3, 0.4) is 0 Å². The first-order valence-electron chi connectivity index (χ1n) is 9.92. The minimum atomic E-state index is -0.597. The van der Waals surface area contributed by atoms with E-state index in [0.29, 0.717) is 48.7 Å². The summed E-state index contributed by atoms with van der Waals surface area (Å²) < 4.78 is 11.9. The number of ketones is 1. The van der Waals surface area contributed by atoms with Crippen molar-refractivity contribution >= 4 is 17.7 Å². The van der Waals surface area contributed by atoms with Crippen molar-refractivity contribution in [2.75, 3.05) is 26.9 Å². The van der Waals surface area contributed by atoms with Gasteiger partial charge < -0.3 is 18.9 Å². The van der Waals surface area contributed by atoms with Crippen molar-refractivity contribution in [1.29, 1.82) is 0 Å². The van der Waals surface area contributed by atoms with Gasteiger partial charge in [0.1, 0.15) is 5.69 Å². The van der Waals surface area contributed by atoms with Crippen molar-refractivity contribution < 1.29 is 23.9 Å². The smallest absolute Gasteiger partial charge is 0.354 e. The molecule has 1 aromatic rings. The Bertz CT molecular complexity index is 748. The molecule has 7 heteroatoms. The Balaban J connectivity index is 2.29. The van der Waals surface area contributed by atoms with Crippen molar-refractivity contribution in [3.05, 3.63) is 22.5 Å². The van der Waals surface area contributed by atoms with Crippen LogP contribution < -0.4 is 0 Å². The summed E-state index contributed by atoms with van der Waals surface area (Å²) >= 11 is 0. The Morgan fingerprint density at radius 1 is 1.25 bits per heavy atom.